The second-order valence-corrected chi connectivity index (χ2v) is 7.46. The number of hydrogen-bond acceptors (Lipinski definition) is 2. The van der Waals surface area contributed by atoms with Crippen molar-refractivity contribution in [3.63, 3.8) is 0 Å². The maximum absolute atomic E-state index is 6.01. The molecule has 1 fully saturated rings. The van der Waals surface area contributed by atoms with Crippen molar-refractivity contribution >= 4 is 0 Å². The third-order valence-corrected chi connectivity index (χ3v) is 5.41. The van der Waals surface area contributed by atoms with Crippen LogP contribution in [0.5, 0.6) is 0 Å². The fourth-order valence-corrected chi connectivity index (χ4v) is 4.41. The largest absolute Gasteiger partial charge is 0.271 e. The third kappa shape index (κ3) is 3.67. The summed E-state index contributed by atoms with van der Waals surface area (Å²) in [6, 6.07) is 6.99. The van der Waals surface area contributed by atoms with E-state index in [9.17, 15) is 0 Å². The Morgan fingerprint density at radius 3 is 2.19 bits per heavy atom. The topological polar surface area (TPSA) is 38.0 Å². The van der Waals surface area contributed by atoms with Gasteiger partial charge in [0.2, 0.25) is 0 Å². The average Bonchev–Trinajstić information content (AvgIpc) is 2.87. The summed E-state index contributed by atoms with van der Waals surface area (Å²) in [4.78, 5) is 0. The van der Waals surface area contributed by atoms with Gasteiger partial charge in [-0.15, -0.1) is 0 Å². The van der Waals surface area contributed by atoms with Crippen LogP contribution in [-0.4, -0.2) is 6.04 Å². The number of benzene rings is 1. The molecule has 2 nitrogen and oxygen atoms in total. The fraction of sp³-hybridized carbons (Fsp3) is 0.684. The molecule has 1 aliphatic carbocycles. The minimum atomic E-state index is 0.387. The fourth-order valence-electron chi connectivity index (χ4n) is 4.41. The molecule has 3 N–H and O–H groups in total. The summed E-state index contributed by atoms with van der Waals surface area (Å²) in [6.45, 7) is 9.12. The predicted octanol–water partition coefficient (Wildman–Crippen LogP) is 4.28. The molecule has 1 unspecified atom stereocenters. The van der Waals surface area contributed by atoms with E-state index in [2.05, 4.69) is 51.3 Å². The molecule has 0 aromatic heterocycles. The van der Waals surface area contributed by atoms with Crippen LogP contribution < -0.4 is 11.3 Å². The number of aryl methyl sites for hydroxylation is 2. The van der Waals surface area contributed by atoms with Crippen molar-refractivity contribution in [2.45, 2.75) is 72.3 Å². The number of rotatable bonds is 6. The molecule has 0 aliphatic heterocycles. The number of hydrazine groups is 1. The predicted molar refractivity (Wildman–Crippen MR) is 91.1 cm³/mol. The Morgan fingerprint density at radius 1 is 1.14 bits per heavy atom. The Bertz CT molecular complexity index is 438. The Labute approximate surface area is 130 Å². The normalized spacial score (nSPS) is 19.1. The van der Waals surface area contributed by atoms with Gasteiger partial charge >= 0.3 is 0 Å². The van der Waals surface area contributed by atoms with Gasteiger partial charge in [0.1, 0.15) is 0 Å². The first-order chi connectivity index (χ1) is 9.98. The highest BCUT2D eigenvalue weighted by molar-refractivity contribution is 5.34. The van der Waals surface area contributed by atoms with Crippen molar-refractivity contribution in [1.82, 2.24) is 5.43 Å². The van der Waals surface area contributed by atoms with Crippen molar-refractivity contribution in [3.8, 4) is 0 Å². The van der Waals surface area contributed by atoms with Gasteiger partial charge in [-0.1, -0.05) is 44.9 Å². The summed E-state index contributed by atoms with van der Waals surface area (Å²) >= 11 is 0. The van der Waals surface area contributed by atoms with E-state index >= 15 is 0 Å². The van der Waals surface area contributed by atoms with E-state index in [-0.39, 0.29) is 0 Å². The van der Waals surface area contributed by atoms with Gasteiger partial charge < -0.3 is 0 Å². The SMILES string of the molecule is Cc1cccc(C)c1CC(NN)C1(CC(C)C)CCCC1. The van der Waals surface area contributed by atoms with E-state index in [1.807, 2.05) is 0 Å². The molecule has 1 aromatic carbocycles. The Hall–Kier alpha value is -0.860. The highest BCUT2D eigenvalue weighted by Crippen LogP contribution is 2.46. The molecule has 2 rings (SSSR count). The molecule has 0 bridgehead atoms. The molecule has 21 heavy (non-hydrogen) atoms. The molecule has 0 radical (unpaired) electrons. The van der Waals surface area contributed by atoms with Crippen LogP contribution in [0, 0.1) is 25.2 Å². The molecule has 0 amide bonds. The molecule has 0 saturated heterocycles. The molecular formula is C19H32N2. The summed E-state index contributed by atoms with van der Waals surface area (Å²) < 4.78 is 0. The van der Waals surface area contributed by atoms with Gasteiger partial charge in [-0.25, -0.2) is 0 Å². The summed E-state index contributed by atoms with van der Waals surface area (Å²) in [7, 11) is 0. The van der Waals surface area contributed by atoms with Crippen LogP contribution in [0.3, 0.4) is 0 Å². The van der Waals surface area contributed by atoms with E-state index in [4.69, 9.17) is 5.84 Å². The van der Waals surface area contributed by atoms with Crippen molar-refractivity contribution < 1.29 is 0 Å². The quantitative estimate of drug-likeness (QED) is 0.605. The summed E-state index contributed by atoms with van der Waals surface area (Å²) in [5.74, 6) is 6.74. The summed E-state index contributed by atoms with van der Waals surface area (Å²) in [5.41, 5.74) is 7.85. The second kappa shape index (κ2) is 6.93. The van der Waals surface area contributed by atoms with E-state index in [0.717, 1.165) is 12.3 Å². The van der Waals surface area contributed by atoms with Crippen molar-refractivity contribution in [3.05, 3.63) is 34.9 Å². The first-order valence-electron chi connectivity index (χ1n) is 8.50. The first-order valence-corrected chi connectivity index (χ1v) is 8.50. The van der Waals surface area contributed by atoms with Crippen LogP contribution in [0.2, 0.25) is 0 Å². The molecule has 0 heterocycles. The number of nitrogens with two attached hydrogens (primary N) is 1. The lowest BCUT2D eigenvalue weighted by Gasteiger charge is -2.39. The molecule has 1 atom stereocenters. The zero-order valence-corrected chi connectivity index (χ0v) is 14.2. The molecule has 1 aliphatic rings. The highest BCUT2D eigenvalue weighted by atomic mass is 15.2. The lowest BCUT2D eigenvalue weighted by molar-refractivity contribution is 0.154. The molecule has 1 saturated carbocycles. The van der Waals surface area contributed by atoms with Crippen LogP contribution >= 0.6 is 0 Å². The minimum Gasteiger partial charge on any atom is -0.271 e. The van der Waals surface area contributed by atoms with Gasteiger partial charge in [-0.3, -0.25) is 11.3 Å². The van der Waals surface area contributed by atoms with Crippen molar-refractivity contribution in [1.29, 1.82) is 0 Å². The second-order valence-electron chi connectivity index (χ2n) is 7.46. The number of hydrogen-bond donors (Lipinski definition) is 2. The van der Waals surface area contributed by atoms with E-state index in [0.29, 0.717) is 11.5 Å². The van der Waals surface area contributed by atoms with Gasteiger partial charge in [0.15, 0.2) is 0 Å². The van der Waals surface area contributed by atoms with Crippen LogP contribution in [0.4, 0.5) is 0 Å². The molecular weight excluding hydrogens is 256 g/mol. The average molecular weight is 288 g/mol. The molecule has 0 spiro atoms. The van der Waals surface area contributed by atoms with Crippen LogP contribution in [0.1, 0.15) is 62.6 Å². The van der Waals surface area contributed by atoms with Crippen molar-refractivity contribution in [2.24, 2.45) is 17.2 Å². The smallest absolute Gasteiger partial charge is 0.0307 e. The standard InChI is InChI=1S/C19H32N2/c1-14(2)13-19(10-5-6-11-19)18(21-20)12-17-15(3)8-7-9-16(17)4/h7-9,14,18,21H,5-6,10-13,20H2,1-4H3. The first kappa shape index (κ1) is 16.5. The van der Waals surface area contributed by atoms with E-state index in [1.54, 1.807) is 0 Å². The number of nitrogens with one attached hydrogen (secondary N) is 1. The van der Waals surface area contributed by atoms with Crippen LogP contribution in [0.15, 0.2) is 18.2 Å². The summed E-state index contributed by atoms with van der Waals surface area (Å²) in [5, 5.41) is 0. The maximum Gasteiger partial charge on any atom is 0.0307 e. The maximum atomic E-state index is 6.01. The Kier molecular flexibility index (Phi) is 5.45. The highest BCUT2D eigenvalue weighted by Gasteiger charge is 2.41. The lowest BCUT2D eigenvalue weighted by Crippen LogP contribution is -2.49. The monoisotopic (exact) mass is 288 g/mol. The van der Waals surface area contributed by atoms with E-state index < -0.39 is 0 Å². The van der Waals surface area contributed by atoms with E-state index in [1.165, 1.54) is 48.8 Å². The van der Waals surface area contributed by atoms with Gasteiger partial charge in [0.25, 0.3) is 0 Å². The Morgan fingerprint density at radius 2 is 1.71 bits per heavy atom. The lowest BCUT2D eigenvalue weighted by atomic mass is 9.70. The molecule has 118 valence electrons. The summed E-state index contributed by atoms with van der Waals surface area (Å²) in [6.07, 6.45) is 7.71. The van der Waals surface area contributed by atoms with Gasteiger partial charge in [0.05, 0.1) is 0 Å². The molecule has 2 heteroatoms. The van der Waals surface area contributed by atoms with Gasteiger partial charge in [0, 0.05) is 6.04 Å². The van der Waals surface area contributed by atoms with Gasteiger partial charge in [-0.2, -0.15) is 0 Å². The van der Waals surface area contributed by atoms with Gasteiger partial charge in [-0.05, 0) is 67.6 Å². The Balaban J connectivity index is 2.25. The van der Waals surface area contributed by atoms with Crippen molar-refractivity contribution in [2.75, 3.05) is 0 Å². The minimum absolute atomic E-state index is 0.387. The van der Waals surface area contributed by atoms with Crippen LogP contribution in [0.25, 0.3) is 0 Å². The third-order valence-electron chi connectivity index (χ3n) is 5.41. The van der Waals surface area contributed by atoms with Crippen LogP contribution in [-0.2, 0) is 6.42 Å². The molecule has 1 aromatic rings. The zero-order valence-electron chi connectivity index (χ0n) is 14.2. The zero-order chi connectivity index (χ0) is 15.5.